The molecule has 4 heteroatoms. The molecule has 0 saturated heterocycles. The van der Waals surface area contributed by atoms with Crippen molar-refractivity contribution in [1.29, 1.82) is 0 Å². The van der Waals surface area contributed by atoms with Crippen LogP contribution in [0.3, 0.4) is 0 Å². The highest BCUT2D eigenvalue weighted by atomic mass is 32.1. The zero-order valence-corrected chi connectivity index (χ0v) is 9.77. The van der Waals surface area contributed by atoms with Crippen LogP contribution in [0.2, 0.25) is 0 Å². The van der Waals surface area contributed by atoms with E-state index in [1.807, 2.05) is 6.92 Å². The molecule has 0 aliphatic heterocycles. The van der Waals surface area contributed by atoms with Crippen LogP contribution in [0.4, 0.5) is 0 Å². The number of nitrogens with zero attached hydrogens (tertiary/aromatic N) is 1. The van der Waals surface area contributed by atoms with E-state index in [1.54, 1.807) is 19.0 Å². The van der Waals surface area contributed by atoms with Gasteiger partial charge in [0.1, 0.15) is 0 Å². The van der Waals surface area contributed by atoms with E-state index in [4.69, 9.17) is 0 Å². The highest BCUT2D eigenvalue weighted by Gasteiger charge is 2.23. The molecule has 78 valence electrons. The van der Waals surface area contributed by atoms with Gasteiger partial charge in [-0.2, -0.15) is 0 Å². The van der Waals surface area contributed by atoms with Gasteiger partial charge in [0.2, 0.25) is 5.91 Å². The summed E-state index contributed by atoms with van der Waals surface area (Å²) in [5.74, 6) is 0.146. The zero-order valence-electron chi connectivity index (χ0n) is 8.87. The van der Waals surface area contributed by atoms with Crippen molar-refractivity contribution in [2.45, 2.75) is 32.7 Å². The summed E-state index contributed by atoms with van der Waals surface area (Å²) in [7, 11) is 3.56. The Bertz CT molecular complexity index is 162. The number of carbonyl (C=O) groups is 1. The molecule has 0 saturated carbocycles. The Hall–Kier alpha value is -0.220. The van der Waals surface area contributed by atoms with Crippen LogP contribution in [-0.4, -0.2) is 30.9 Å². The molecule has 0 heterocycles. The van der Waals surface area contributed by atoms with E-state index in [-0.39, 0.29) is 17.9 Å². The average Bonchev–Trinajstić information content (AvgIpc) is 2.11. The van der Waals surface area contributed by atoms with Crippen molar-refractivity contribution < 1.29 is 4.79 Å². The number of hydrogen-bond donors (Lipinski definition) is 2. The molecule has 1 amide bonds. The van der Waals surface area contributed by atoms with Gasteiger partial charge in [-0.05, 0) is 6.42 Å². The lowest BCUT2D eigenvalue weighted by Gasteiger charge is -2.24. The van der Waals surface area contributed by atoms with Gasteiger partial charge in [0.05, 0.1) is 5.92 Å². The first-order chi connectivity index (χ1) is 6.04. The van der Waals surface area contributed by atoms with Crippen LogP contribution < -0.4 is 4.72 Å². The fourth-order valence-electron chi connectivity index (χ4n) is 1.32. The molecular weight excluding hydrogens is 184 g/mol. The number of thiol groups is 1. The molecule has 0 spiro atoms. The monoisotopic (exact) mass is 204 g/mol. The van der Waals surface area contributed by atoms with Crippen molar-refractivity contribution >= 4 is 18.7 Å². The van der Waals surface area contributed by atoms with Gasteiger partial charge in [-0.15, -0.1) is 0 Å². The smallest absolute Gasteiger partial charge is 0.226 e. The molecule has 0 radical (unpaired) electrons. The van der Waals surface area contributed by atoms with Crippen molar-refractivity contribution in [3.63, 3.8) is 0 Å². The predicted molar refractivity (Wildman–Crippen MR) is 58.7 cm³/mol. The Labute approximate surface area is 86.4 Å². The summed E-state index contributed by atoms with van der Waals surface area (Å²) < 4.78 is 2.89. The van der Waals surface area contributed by atoms with Crippen LogP contribution in [-0.2, 0) is 4.79 Å². The third kappa shape index (κ3) is 4.00. The maximum atomic E-state index is 11.6. The van der Waals surface area contributed by atoms with E-state index >= 15 is 0 Å². The highest BCUT2D eigenvalue weighted by Crippen LogP contribution is 2.11. The molecule has 0 aromatic carbocycles. The van der Waals surface area contributed by atoms with Crippen molar-refractivity contribution in [3.05, 3.63) is 0 Å². The summed E-state index contributed by atoms with van der Waals surface area (Å²) in [6.07, 6.45) is 2.04. The second-order valence-corrected chi connectivity index (χ2v) is 3.80. The fraction of sp³-hybridized carbons (Fsp3) is 0.889. The fourth-order valence-corrected chi connectivity index (χ4v) is 1.67. The molecule has 1 N–H and O–H groups in total. The lowest BCUT2D eigenvalue weighted by Crippen LogP contribution is -2.39. The van der Waals surface area contributed by atoms with Crippen LogP contribution in [0.15, 0.2) is 0 Å². The second-order valence-electron chi connectivity index (χ2n) is 3.55. The van der Waals surface area contributed by atoms with Crippen molar-refractivity contribution in [2.75, 3.05) is 14.1 Å². The normalized spacial score (nSPS) is 15.2. The molecule has 0 rings (SSSR count). The number of rotatable bonds is 5. The standard InChI is InChI=1S/C9H20N2OS/c1-5-6-8(10-13)7(2)9(12)11(3)4/h7-8,10,13H,5-6H2,1-4H3. The van der Waals surface area contributed by atoms with Crippen LogP contribution in [0.25, 0.3) is 0 Å². The minimum atomic E-state index is -0.00699. The van der Waals surface area contributed by atoms with Crippen LogP contribution >= 0.6 is 12.8 Å². The van der Waals surface area contributed by atoms with E-state index in [9.17, 15) is 4.79 Å². The number of amides is 1. The highest BCUT2D eigenvalue weighted by molar-refractivity contribution is 7.78. The quantitative estimate of drug-likeness (QED) is 0.662. The van der Waals surface area contributed by atoms with Gasteiger partial charge in [-0.25, -0.2) is 0 Å². The maximum absolute atomic E-state index is 11.6. The Kier molecular flexibility index (Phi) is 6.16. The number of hydrogen-bond acceptors (Lipinski definition) is 3. The maximum Gasteiger partial charge on any atom is 0.226 e. The average molecular weight is 204 g/mol. The van der Waals surface area contributed by atoms with E-state index in [0.29, 0.717) is 0 Å². The lowest BCUT2D eigenvalue weighted by atomic mass is 9.97. The van der Waals surface area contributed by atoms with Crippen LogP contribution in [0.1, 0.15) is 26.7 Å². The first-order valence-corrected chi connectivity index (χ1v) is 5.10. The van der Waals surface area contributed by atoms with Gasteiger partial charge < -0.3 is 4.90 Å². The topological polar surface area (TPSA) is 32.3 Å². The summed E-state index contributed by atoms with van der Waals surface area (Å²) >= 11 is 4.03. The molecule has 13 heavy (non-hydrogen) atoms. The predicted octanol–water partition coefficient (Wildman–Crippen LogP) is 1.31. The van der Waals surface area contributed by atoms with E-state index < -0.39 is 0 Å². The van der Waals surface area contributed by atoms with Gasteiger partial charge >= 0.3 is 0 Å². The van der Waals surface area contributed by atoms with Crippen molar-refractivity contribution in [2.24, 2.45) is 5.92 Å². The molecule has 0 fully saturated rings. The Morgan fingerprint density at radius 3 is 2.38 bits per heavy atom. The summed E-state index contributed by atoms with van der Waals surface area (Å²) in [5, 5.41) is 0. The zero-order chi connectivity index (χ0) is 10.4. The Balaban J connectivity index is 4.18. The van der Waals surface area contributed by atoms with Gasteiger partial charge in [-0.3, -0.25) is 9.52 Å². The molecule has 2 atom stereocenters. The van der Waals surface area contributed by atoms with Gasteiger partial charge in [0, 0.05) is 20.1 Å². The van der Waals surface area contributed by atoms with Crippen LogP contribution in [0.5, 0.6) is 0 Å². The molecule has 0 bridgehead atoms. The molecule has 0 aromatic rings. The third-order valence-electron chi connectivity index (χ3n) is 2.20. The van der Waals surface area contributed by atoms with Crippen LogP contribution in [0, 0.1) is 5.92 Å². The first-order valence-electron chi connectivity index (χ1n) is 4.65. The van der Waals surface area contributed by atoms with E-state index in [2.05, 4.69) is 24.5 Å². The molecule has 0 aliphatic rings. The molecule has 3 nitrogen and oxygen atoms in total. The first kappa shape index (κ1) is 12.8. The second kappa shape index (κ2) is 6.27. The number of carbonyl (C=O) groups excluding carboxylic acids is 1. The Morgan fingerprint density at radius 1 is 1.54 bits per heavy atom. The molecule has 2 unspecified atom stereocenters. The number of nitrogens with one attached hydrogen (secondary N) is 1. The molecular formula is C9H20N2OS. The van der Waals surface area contributed by atoms with Gasteiger partial charge in [0.15, 0.2) is 0 Å². The van der Waals surface area contributed by atoms with Gasteiger partial charge in [0.25, 0.3) is 0 Å². The lowest BCUT2D eigenvalue weighted by molar-refractivity contribution is -0.133. The SMILES string of the molecule is CCCC(NS)C(C)C(=O)N(C)C. The van der Waals surface area contributed by atoms with Crippen molar-refractivity contribution in [1.82, 2.24) is 9.62 Å². The minimum Gasteiger partial charge on any atom is -0.349 e. The van der Waals surface area contributed by atoms with E-state index in [1.165, 1.54) is 0 Å². The molecule has 0 aliphatic carbocycles. The summed E-state index contributed by atoms with van der Waals surface area (Å²) in [5.41, 5.74) is 0. The van der Waals surface area contributed by atoms with Crippen molar-refractivity contribution in [3.8, 4) is 0 Å². The molecule has 0 aromatic heterocycles. The van der Waals surface area contributed by atoms with Gasteiger partial charge in [-0.1, -0.05) is 33.1 Å². The largest absolute Gasteiger partial charge is 0.349 e. The summed E-state index contributed by atoms with van der Waals surface area (Å²) in [4.78, 5) is 13.2. The summed E-state index contributed by atoms with van der Waals surface area (Å²) in [6, 6.07) is 0.170. The summed E-state index contributed by atoms with van der Waals surface area (Å²) in [6.45, 7) is 4.04. The minimum absolute atomic E-state index is 0.00699. The Morgan fingerprint density at radius 2 is 2.08 bits per heavy atom. The van der Waals surface area contributed by atoms with E-state index in [0.717, 1.165) is 12.8 Å². The third-order valence-corrected chi connectivity index (χ3v) is 2.53.